The number of amides is 1. The summed E-state index contributed by atoms with van der Waals surface area (Å²) in [4.78, 5) is 22.0. The van der Waals surface area contributed by atoms with Gasteiger partial charge in [0.05, 0.1) is 29.0 Å². The standard InChI is InChI=1S/C22H24N4O2S.ClH/c1-4-25(5-2)12-13-26(21(27)17-8-6-16(15-23)7-9-17)22-24-19-11-10-18(28-3)14-20(19)29-22;/h6-11,14H,4-5,12-13H2,1-3H3;1H. The molecule has 1 heterocycles. The molecule has 158 valence electrons. The molecule has 0 saturated heterocycles. The lowest BCUT2D eigenvalue weighted by Gasteiger charge is -2.24. The molecule has 3 rings (SSSR count). The third-order valence-corrected chi connectivity index (χ3v) is 5.90. The van der Waals surface area contributed by atoms with Gasteiger partial charge in [-0.05, 0) is 55.6 Å². The number of nitriles is 1. The predicted octanol–water partition coefficient (Wildman–Crippen LogP) is 4.59. The lowest BCUT2D eigenvalue weighted by molar-refractivity contribution is 0.0984. The molecule has 8 heteroatoms. The number of hydrogen-bond donors (Lipinski definition) is 0. The van der Waals surface area contributed by atoms with Crippen LogP contribution >= 0.6 is 23.7 Å². The second-order valence-electron chi connectivity index (χ2n) is 6.50. The Hall–Kier alpha value is -2.66. The molecule has 1 amide bonds. The Balaban J connectivity index is 0.00000320. The zero-order valence-electron chi connectivity index (χ0n) is 17.3. The number of methoxy groups -OCH3 is 1. The molecule has 0 spiro atoms. The maximum Gasteiger partial charge on any atom is 0.260 e. The van der Waals surface area contributed by atoms with Gasteiger partial charge in [-0.1, -0.05) is 25.2 Å². The Labute approximate surface area is 187 Å². The fraction of sp³-hybridized carbons (Fsp3) is 0.318. The van der Waals surface area contributed by atoms with Crippen LogP contribution in [0.2, 0.25) is 0 Å². The molecule has 0 aliphatic heterocycles. The summed E-state index contributed by atoms with van der Waals surface area (Å²) in [6.45, 7) is 7.37. The van der Waals surface area contributed by atoms with Crippen LogP contribution in [0, 0.1) is 11.3 Å². The van der Waals surface area contributed by atoms with E-state index in [0.29, 0.717) is 22.8 Å². The number of benzene rings is 2. The zero-order chi connectivity index (χ0) is 20.8. The van der Waals surface area contributed by atoms with Crippen molar-refractivity contribution in [2.24, 2.45) is 0 Å². The highest BCUT2D eigenvalue weighted by atomic mass is 35.5. The lowest BCUT2D eigenvalue weighted by Crippen LogP contribution is -2.38. The quantitative estimate of drug-likeness (QED) is 0.508. The van der Waals surface area contributed by atoms with Crippen molar-refractivity contribution >= 4 is 45.0 Å². The normalized spacial score (nSPS) is 10.5. The first-order chi connectivity index (χ1) is 14.1. The lowest BCUT2D eigenvalue weighted by atomic mass is 10.1. The Morgan fingerprint density at radius 1 is 1.13 bits per heavy atom. The maximum atomic E-state index is 13.3. The van der Waals surface area contributed by atoms with Crippen LogP contribution in [0.1, 0.15) is 29.8 Å². The maximum absolute atomic E-state index is 13.3. The van der Waals surface area contributed by atoms with Crippen LogP contribution in [0.4, 0.5) is 5.13 Å². The molecule has 3 aromatic rings. The second kappa shape index (κ2) is 10.9. The molecule has 30 heavy (non-hydrogen) atoms. The van der Waals surface area contributed by atoms with Crippen LogP contribution in [0.15, 0.2) is 42.5 Å². The van der Waals surface area contributed by atoms with Gasteiger partial charge in [-0.15, -0.1) is 12.4 Å². The molecule has 0 atom stereocenters. The van der Waals surface area contributed by atoms with Crippen LogP contribution in [-0.2, 0) is 0 Å². The van der Waals surface area contributed by atoms with E-state index in [1.807, 2.05) is 18.2 Å². The largest absolute Gasteiger partial charge is 0.497 e. The number of aromatic nitrogens is 1. The van der Waals surface area contributed by atoms with Crippen molar-refractivity contribution in [3.63, 3.8) is 0 Å². The van der Waals surface area contributed by atoms with E-state index < -0.39 is 0 Å². The molecule has 0 unspecified atom stereocenters. The van der Waals surface area contributed by atoms with Crippen molar-refractivity contribution in [1.29, 1.82) is 5.26 Å². The van der Waals surface area contributed by atoms with E-state index in [2.05, 4.69) is 24.8 Å². The summed E-state index contributed by atoms with van der Waals surface area (Å²) in [6, 6.07) is 14.5. The smallest absolute Gasteiger partial charge is 0.260 e. The van der Waals surface area contributed by atoms with E-state index in [1.54, 1.807) is 36.3 Å². The summed E-state index contributed by atoms with van der Waals surface area (Å²) in [7, 11) is 1.63. The number of carbonyl (C=O) groups is 1. The summed E-state index contributed by atoms with van der Waals surface area (Å²) >= 11 is 1.48. The highest BCUT2D eigenvalue weighted by molar-refractivity contribution is 7.22. The highest BCUT2D eigenvalue weighted by Gasteiger charge is 2.22. The van der Waals surface area contributed by atoms with Crippen molar-refractivity contribution in [3.8, 4) is 11.8 Å². The van der Waals surface area contributed by atoms with Gasteiger partial charge in [0.2, 0.25) is 0 Å². The molecule has 0 N–H and O–H groups in total. The third kappa shape index (κ3) is 5.28. The molecule has 1 aromatic heterocycles. The first-order valence-electron chi connectivity index (χ1n) is 9.58. The number of carbonyl (C=O) groups excluding carboxylic acids is 1. The molecule has 0 fully saturated rings. The fourth-order valence-corrected chi connectivity index (χ4v) is 4.06. The molecule has 0 radical (unpaired) electrons. The average molecular weight is 445 g/mol. The van der Waals surface area contributed by atoms with E-state index >= 15 is 0 Å². The number of halogens is 1. The molecule has 0 aliphatic rings. The number of anilines is 1. The van der Waals surface area contributed by atoms with Crippen LogP contribution in [-0.4, -0.2) is 49.1 Å². The Kier molecular flexibility index (Phi) is 8.60. The SMILES string of the molecule is CCN(CC)CCN(C(=O)c1ccc(C#N)cc1)c1nc2ccc(OC)cc2s1.Cl. The Morgan fingerprint density at radius 3 is 2.43 bits per heavy atom. The summed E-state index contributed by atoms with van der Waals surface area (Å²) in [5, 5.41) is 9.67. The molecule has 0 aliphatic carbocycles. The molecule has 6 nitrogen and oxygen atoms in total. The molecule has 2 aromatic carbocycles. The first kappa shape index (κ1) is 23.6. The minimum absolute atomic E-state index is 0. The van der Waals surface area contributed by atoms with Crippen LogP contribution in [0.5, 0.6) is 5.75 Å². The summed E-state index contributed by atoms with van der Waals surface area (Å²) in [5.41, 5.74) is 1.91. The first-order valence-corrected chi connectivity index (χ1v) is 10.4. The van der Waals surface area contributed by atoms with Gasteiger partial charge in [0.15, 0.2) is 5.13 Å². The van der Waals surface area contributed by atoms with Crippen molar-refractivity contribution in [2.75, 3.05) is 38.2 Å². The average Bonchev–Trinajstić information content (AvgIpc) is 3.19. The number of rotatable bonds is 8. The third-order valence-electron chi connectivity index (χ3n) is 4.86. The minimum Gasteiger partial charge on any atom is -0.497 e. The van der Waals surface area contributed by atoms with E-state index in [1.165, 1.54) is 11.3 Å². The monoisotopic (exact) mass is 444 g/mol. The number of nitrogens with zero attached hydrogens (tertiary/aromatic N) is 4. The predicted molar refractivity (Wildman–Crippen MR) is 124 cm³/mol. The summed E-state index contributed by atoms with van der Waals surface area (Å²) in [5.74, 6) is 0.647. The van der Waals surface area contributed by atoms with Gasteiger partial charge >= 0.3 is 0 Å². The van der Waals surface area contributed by atoms with Crippen LogP contribution < -0.4 is 9.64 Å². The van der Waals surface area contributed by atoms with Gasteiger partial charge in [0.1, 0.15) is 5.75 Å². The molecule has 0 bridgehead atoms. The van der Waals surface area contributed by atoms with Crippen molar-refractivity contribution in [1.82, 2.24) is 9.88 Å². The van der Waals surface area contributed by atoms with Crippen LogP contribution in [0.3, 0.4) is 0 Å². The number of likely N-dealkylation sites (N-methyl/N-ethyl adjacent to an activating group) is 1. The second-order valence-corrected chi connectivity index (χ2v) is 7.51. The van der Waals surface area contributed by atoms with Crippen LogP contribution in [0.25, 0.3) is 10.2 Å². The fourth-order valence-electron chi connectivity index (χ4n) is 3.04. The molecule has 0 saturated carbocycles. The van der Waals surface area contributed by atoms with E-state index in [9.17, 15) is 4.79 Å². The summed E-state index contributed by atoms with van der Waals surface area (Å²) < 4.78 is 6.28. The van der Waals surface area contributed by atoms with Gasteiger partial charge in [-0.2, -0.15) is 5.26 Å². The number of hydrogen-bond acceptors (Lipinski definition) is 6. The van der Waals surface area contributed by atoms with Crippen molar-refractivity contribution < 1.29 is 9.53 Å². The summed E-state index contributed by atoms with van der Waals surface area (Å²) in [6.07, 6.45) is 0. The van der Waals surface area contributed by atoms with Gasteiger partial charge < -0.3 is 9.64 Å². The van der Waals surface area contributed by atoms with E-state index in [0.717, 1.165) is 35.6 Å². The highest BCUT2D eigenvalue weighted by Crippen LogP contribution is 2.32. The Morgan fingerprint density at radius 2 is 1.83 bits per heavy atom. The van der Waals surface area contributed by atoms with Gasteiger partial charge in [0.25, 0.3) is 5.91 Å². The van der Waals surface area contributed by atoms with Gasteiger partial charge in [0, 0.05) is 18.7 Å². The Bertz CT molecular complexity index is 1030. The van der Waals surface area contributed by atoms with E-state index in [-0.39, 0.29) is 18.3 Å². The number of fused-ring (bicyclic) bond motifs is 1. The number of ether oxygens (including phenoxy) is 1. The van der Waals surface area contributed by atoms with E-state index in [4.69, 9.17) is 15.0 Å². The minimum atomic E-state index is -0.118. The van der Waals surface area contributed by atoms with Crippen molar-refractivity contribution in [2.45, 2.75) is 13.8 Å². The number of thiazole rings is 1. The van der Waals surface area contributed by atoms with Crippen molar-refractivity contribution in [3.05, 3.63) is 53.6 Å². The topological polar surface area (TPSA) is 69.5 Å². The van der Waals surface area contributed by atoms with Gasteiger partial charge in [-0.3, -0.25) is 9.69 Å². The molecular formula is C22H25ClN4O2S. The van der Waals surface area contributed by atoms with Gasteiger partial charge in [-0.25, -0.2) is 4.98 Å². The zero-order valence-corrected chi connectivity index (χ0v) is 18.9. The molecular weight excluding hydrogens is 420 g/mol.